The van der Waals surface area contributed by atoms with Gasteiger partial charge in [-0.2, -0.15) is 0 Å². The lowest BCUT2D eigenvalue weighted by Crippen LogP contribution is -2.39. The van der Waals surface area contributed by atoms with Gasteiger partial charge < -0.3 is 9.64 Å². The van der Waals surface area contributed by atoms with Crippen molar-refractivity contribution in [3.05, 3.63) is 0 Å². The fourth-order valence-corrected chi connectivity index (χ4v) is 2.77. The maximum atomic E-state index is 6.09. The van der Waals surface area contributed by atoms with E-state index in [1.165, 1.54) is 12.8 Å². The van der Waals surface area contributed by atoms with Crippen LogP contribution >= 0.6 is 11.6 Å². The van der Waals surface area contributed by atoms with Crippen LogP contribution in [0, 0.1) is 0 Å². The number of hydrogen-bond donors (Lipinski definition) is 0. The summed E-state index contributed by atoms with van der Waals surface area (Å²) in [5.41, 5.74) is 0.107. The molecule has 2 fully saturated rings. The molecule has 0 radical (unpaired) electrons. The normalized spacial score (nSPS) is 33.4. The molecule has 15 heavy (non-hydrogen) atoms. The van der Waals surface area contributed by atoms with Crippen LogP contribution < -0.4 is 0 Å². The van der Waals surface area contributed by atoms with Crippen molar-refractivity contribution < 1.29 is 4.74 Å². The molecule has 0 N–H and O–H groups in total. The van der Waals surface area contributed by atoms with Crippen LogP contribution in [0.1, 0.15) is 39.5 Å². The SMILES string of the molecule is CC1(C)CCC(CN2CCC(Cl)CC2)O1. The van der Waals surface area contributed by atoms with E-state index in [0.29, 0.717) is 11.5 Å². The third-order valence-corrected chi connectivity index (χ3v) is 3.97. The van der Waals surface area contributed by atoms with Crippen molar-refractivity contribution in [2.24, 2.45) is 0 Å². The van der Waals surface area contributed by atoms with Crippen molar-refractivity contribution in [3.8, 4) is 0 Å². The summed E-state index contributed by atoms with van der Waals surface area (Å²) in [5.74, 6) is 0. The molecule has 2 aliphatic rings. The molecule has 2 aliphatic heterocycles. The molecule has 0 saturated carbocycles. The zero-order valence-corrected chi connectivity index (χ0v) is 10.6. The van der Waals surface area contributed by atoms with Gasteiger partial charge in [0.25, 0.3) is 0 Å². The first-order valence-corrected chi connectivity index (χ1v) is 6.53. The van der Waals surface area contributed by atoms with Crippen LogP contribution in [-0.4, -0.2) is 41.6 Å². The van der Waals surface area contributed by atoms with Crippen molar-refractivity contribution in [1.82, 2.24) is 4.90 Å². The first kappa shape index (κ1) is 11.7. The Balaban J connectivity index is 1.74. The Labute approximate surface area is 97.9 Å². The van der Waals surface area contributed by atoms with Gasteiger partial charge in [-0.25, -0.2) is 0 Å². The number of halogens is 1. The highest BCUT2D eigenvalue weighted by molar-refractivity contribution is 6.20. The zero-order chi connectivity index (χ0) is 10.9. The standard InChI is InChI=1S/C12H22ClNO/c1-12(2)6-3-11(15-12)9-14-7-4-10(13)5-8-14/h10-11H,3-9H2,1-2H3. The second-order valence-corrected chi connectivity index (χ2v) is 6.13. The van der Waals surface area contributed by atoms with Gasteiger partial charge in [0, 0.05) is 11.9 Å². The third kappa shape index (κ3) is 3.33. The molecular formula is C12H22ClNO. The van der Waals surface area contributed by atoms with E-state index in [0.717, 1.165) is 32.5 Å². The summed E-state index contributed by atoms with van der Waals surface area (Å²) in [6.07, 6.45) is 5.14. The van der Waals surface area contributed by atoms with Crippen molar-refractivity contribution in [2.45, 2.75) is 56.6 Å². The van der Waals surface area contributed by atoms with Crippen molar-refractivity contribution >= 4 is 11.6 Å². The van der Waals surface area contributed by atoms with Crippen LogP contribution in [0.5, 0.6) is 0 Å². The van der Waals surface area contributed by atoms with E-state index in [-0.39, 0.29) is 5.60 Å². The Kier molecular flexibility index (Phi) is 3.59. The average molecular weight is 232 g/mol. The molecule has 0 amide bonds. The minimum atomic E-state index is 0.107. The highest BCUT2D eigenvalue weighted by Gasteiger charge is 2.33. The van der Waals surface area contributed by atoms with Crippen LogP contribution in [0.15, 0.2) is 0 Å². The molecule has 0 bridgehead atoms. The van der Waals surface area contributed by atoms with Gasteiger partial charge >= 0.3 is 0 Å². The third-order valence-electron chi connectivity index (χ3n) is 3.53. The lowest BCUT2D eigenvalue weighted by molar-refractivity contribution is -0.0303. The molecule has 1 unspecified atom stereocenters. The Morgan fingerprint density at radius 2 is 1.93 bits per heavy atom. The molecule has 0 aromatic rings. The van der Waals surface area contributed by atoms with Crippen LogP contribution in [0.3, 0.4) is 0 Å². The Hall–Kier alpha value is 0.210. The van der Waals surface area contributed by atoms with E-state index in [2.05, 4.69) is 18.7 Å². The monoisotopic (exact) mass is 231 g/mol. The van der Waals surface area contributed by atoms with Gasteiger partial charge in [0.2, 0.25) is 0 Å². The molecule has 3 heteroatoms. The summed E-state index contributed by atoms with van der Waals surface area (Å²) in [7, 11) is 0. The van der Waals surface area contributed by atoms with Crippen molar-refractivity contribution in [3.63, 3.8) is 0 Å². The Morgan fingerprint density at radius 1 is 1.27 bits per heavy atom. The summed E-state index contributed by atoms with van der Waals surface area (Å²) in [4.78, 5) is 2.50. The molecule has 88 valence electrons. The fourth-order valence-electron chi connectivity index (χ4n) is 2.58. The first-order chi connectivity index (χ1) is 7.05. The van der Waals surface area contributed by atoms with Gasteiger partial charge in [0.05, 0.1) is 11.7 Å². The topological polar surface area (TPSA) is 12.5 Å². The highest BCUT2D eigenvalue weighted by atomic mass is 35.5. The van der Waals surface area contributed by atoms with Crippen molar-refractivity contribution in [2.75, 3.05) is 19.6 Å². The van der Waals surface area contributed by atoms with E-state index in [1.807, 2.05) is 0 Å². The van der Waals surface area contributed by atoms with Crippen LogP contribution in [0.2, 0.25) is 0 Å². The quantitative estimate of drug-likeness (QED) is 0.678. The lowest BCUT2D eigenvalue weighted by Gasteiger charge is -2.31. The molecule has 0 aromatic carbocycles. The van der Waals surface area contributed by atoms with Gasteiger partial charge in [0.1, 0.15) is 0 Å². The maximum absolute atomic E-state index is 6.09. The number of nitrogens with zero attached hydrogens (tertiary/aromatic N) is 1. The number of alkyl halides is 1. The van der Waals surface area contributed by atoms with Crippen molar-refractivity contribution in [1.29, 1.82) is 0 Å². The van der Waals surface area contributed by atoms with Crippen LogP contribution in [0.4, 0.5) is 0 Å². The molecule has 2 rings (SSSR count). The van der Waals surface area contributed by atoms with Gasteiger partial charge in [-0.05, 0) is 52.6 Å². The molecule has 0 aliphatic carbocycles. The van der Waals surface area contributed by atoms with E-state index in [9.17, 15) is 0 Å². The summed E-state index contributed by atoms with van der Waals surface area (Å²) in [6, 6.07) is 0. The number of hydrogen-bond acceptors (Lipinski definition) is 2. The molecule has 0 aromatic heterocycles. The molecule has 2 nitrogen and oxygen atoms in total. The summed E-state index contributed by atoms with van der Waals surface area (Å²) < 4.78 is 6.00. The number of likely N-dealkylation sites (tertiary alicyclic amines) is 1. The fraction of sp³-hybridized carbons (Fsp3) is 1.00. The molecule has 0 spiro atoms. The van der Waals surface area contributed by atoms with Crippen LogP contribution in [-0.2, 0) is 4.74 Å². The number of piperidine rings is 1. The largest absolute Gasteiger partial charge is 0.371 e. The second-order valence-electron chi connectivity index (χ2n) is 5.51. The predicted molar refractivity (Wildman–Crippen MR) is 63.5 cm³/mol. The average Bonchev–Trinajstić information content (AvgIpc) is 2.50. The van der Waals surface area contributed by atoms with E-state index < -0.39 is 0 Å². The van der Waals surface area contributed by atoms with Gasteiger partial charge in [-0.1, -0.05) is 0 Å². The Morgan fingerprint density at radius 3 is 2.47 bits per heavy atom. The smallest absolute Gasteiger partial charge is 0.0710 e. The summed E-state index contributed by atoms with van der Waals surface area (Å²) in [6.45, 7) is 7.78. The lowest BCUT2D eigenvalue weighted by atomic mass is 10.0. The minimum absolute atomic E-state index is 0.107. The molecular weight excluding hydrogens is 210 g/mol. The van der Waals surface area contributed by atoms with Gasteiger partial charge in [-0.3, -0.25) is 0 Å². The van der Waals surface area contributed by atoms with Gasteiger partial charge in [-0.15, -0.1) is 11.6 Å². The maximum Gasteiger partial charge on any atom is 0.0710 e. The minimum Gasteiger partial charge on any atom is -0.371 e. The number of rotatable bonds is 2. The van der Waals surface area contributed by atoms with E-state index >= 15 is 0 Å². The van der Waals surface area contributed by atoms with Gasteiger partial charge in [0.15, 0.2) is 0 Å². The molecule has 2 heterocycles. The predicted octanol–water partition coefficient (Wildman–Crippen LogP) is 2.65. The molecule has 2 saturated heterocycles. The van der Waals surface area contributed by atoms with E-state index in [1.54, 1.807) is 0 Å². The number of ether oxygens (including phenoxy) is 1. The van der Waals surface area contributed by atoms with Crippen LogP contribution in [0.25, 0.3) is 0 Å². The summed E-state index contributed by atoms with van der Waals surface area (Å²) in [5, 5.41) is 0.405. The first-order valence-electron chi connectivity index (χ1n) is 6.09. The molecule has 1 atom stereocenters. The highest BCUT2D eigenvalue weighted by Crippen LogP contribution is 2.30. The Bertz CT molecular complexity index is 212. The van der Waals surface area contributed by atoms with E-state index in [4.69, 9.17) is 16.3 Å². The second kappa shape index (κ2) is 4.60. The summed E-state index contributed by atoms with van der Waals surface area (Å²) >= 11 is 6.09. The zero-order valence-electron chi connectivity index (χ0n) is 9.84.